The highest BCUT2D eigenvalue weighted by atomic mass is 16.5. The van der Waals surface area contributed by atoms with E-state index in [1.807, 2.05) is 24.3 Å². The molecule has 0 aliphatic heterocycles. The molecular formula is C13H18O3. The van der Waals surface area contributed by atoms with Crippen LogP contribution in [0.25, 0.3) is 0 Å². The first-order valence-electron chi connectivity index (χ1n) is 5.27. The van der Waals surface area contributed by atoms with Gasteiger partial charge in [0.1, 0.15) is 11.9 Å². The quantitative estimate of drug-likeness (QED) is 0.739. The van der Waals surface area contributed by atoms with Crippen LogP contribution in [-0.4, -0.2) is 26.6 Å². The van der Waals surface area contributed by atoms with Gasteiger partial charge in [0, 0.05) is 20.6 Å². The van der Waals surface area contributed by atoms with Crippen LogP contribution in [0.3, 0.4) is 0 Å². The molecule has 1 atom stereocenters. The van der Waals surface area contributed by atoms with Crippen molar-refractivity contribution < 1.29 is 14.3 Å². The van der Waals surface area contributed by atoms with Gasteiger partial charge in [-0.2, -0.15) is 0 Å². The Bertz CT molecular complexity index is 330. The number of carbonyl (C=O) groups is 1. The minimum Gasteiger partial charge on any atom is -0.382 e. The van der Waals surface area contributed by atoms with Gasteiger partial charge in [-0.25, -0.2) is 0 Å². The van der Waals surface area contributed by atoms with Gasteiger partial charge in [0.05, 0.1) is 6.61 Å². The van der Waals surface area contributed by atoms with Crippen LogP contribution >= 0.6 is 0 Å². The lowest BCUT2D eigenvalue weighted by Gasteiger charge is -2.14. The molecule has 0 aliphatic carbocycles. The number of rotatable bonds is 6. The van der Waals surface area contributed by atoms with Crippen molar-refractivity contribution >= 4 is 5.78 Å². The third-order valence-electron chi connectivity index (χ3n) is 2.41. The summed E-state index contributed by atoms with van der Waals surface area (Å²) in [6.45, 7) is 2.12. The van der Waals surface area contributed by atoms with E-state index >= 15 is 0 Å². The lowest BCUT2D eigenvalue weighted by atomic mass is 10.0. The van der Waals surface area contributed by atoms with Crippen LogP contribution in [0.5, 0.6) is 0 Å². The van der Waals surface area contributed by atoms with E-state index < -0.39 is 0 Å². The van der Waals surface area contributed by atoms with E-state index in [1.54, 1.807) is 21.1 Å². The SMILES string of the molecule is COCC(OC)c1ccc(CC(C)=O)cc1. The fourth-order valence-corrected chi connectivity index (χ4v) is 1.59. The summed E-state index contributed by atoms with van der Waals surface area (Å²) in [5.41, 5.74) is 2.10. The summed E-state index contributed by atoms with van der Waals surface area (Å²) >= 11 is 0. The summed E-state index contributed by atoms with van der Waals surface area (Å²) in [7, 11) is 3.31. The zero-order valence-electron chi connectivity index (χ0n) is 10.0. The van der Waals surface area contributed by atoms with Gasteiger partial charge in [-0.1, -0.05) is 24.3 Å². The van der Waals surface area contributed by atoms with Gasteiger partial charge in [-0.05, 0) is 18.1 Å². The maximum atomic E-state index is 10.9. The van der Waals surface area contributed by atoms with Crippen molar-refractivity contribution in [2.45, 2.75) is 19.4 Å². The number of hydrogen-bond acceptors (Lipinski definition) is 3. The number of methoxy groups -OCH3 is 2. The first-order valence-corrected chi connectivity index (χ1v) is 5.27. The third kappa shape index (κ3) is 3.76. The normalized spacial score (nSPS) is 12.4. The molecule has 0 saturated heterocycles. The van der Waals surface area contributed by atoms with Crippen LogP contribution in [0.1, 0.15) is 24.2 Å². The molecule has 88 valence electrons. The molecule has 1 aromatic carbocycles. The predicted molar refractivity (Wildman–Crippen MR) is 62.5 cm³/mol. The van der Waals surface area contributed by atoms with Crippen molar-refractivity contribution in [2.24, 2.45) is 0 Å². The Balaban J connectivity index is 2.72. The van der Waals surface area contributed by atoms with E-state index in [4.69, 9.17) is 9.47 Å². The van der Waals surface area contributed by atoms with Crippen LogP contribution in [0.4, 0.5) is 0 Å². The first kappa shape index (κ1) is 12.9. The lowest BCUT2D eigenvalue weighted by Crippen LogP contribution is -2.08. The van der Waals surface area contributed by atoms with Gasteiger partial charge in [0.25, 0.3) is 0 Å². The van der Waals surface area contributed by atoms with Gasteiger partial charge in [0.2, 0.25) is 0 Å². The zero-order valence-corrected chi connectivity index (χ0v) is 10.0. The molecule has 0 radical (unpaired) electrons. The van der Waals surface area contributed by atoms with Crippen LogP contribution in [0.2, 0.25) is 0 Å². The number of ether oxygens (including phenoxy) is 2. The van der Waals surface area contributed by atoms with Crippen molar-refractivity contribution in [1.29, 1.82) is 0 Å². The minimum atomic E-state index is -0.0450. The Morgan fingerprint density at radius 3 is 2.31 bits per heavy atom. The molecule has 0 spiro atoms. The molecule has 0 amide bonds. The van der Waals surface area contributed by atoms with Gasteiger partial charge in [-0.3, -0.25) is 4.79 Å². The van der Waals surface area contributed by atoms with Gasteiger partial charge in [0.15, 0.2) is 0 Å². The molecule has 1 unspecified atom stereocenters. The molecule has 0 N–H and O–H groups in total. The molecule has 0 fully saturated rings. The van der Waals surface area contributed by atoms with Gasteiger partial charge >= 0.3 is 0 Å². The molecule has 3 heteroatoms. The summed E-state index contributed by atoms with van der Waals surface area (Å²) in [5, 5.41) is 0. The van der Waals surface area contributed by atoms with E-state index in [0.29, 0.717) is 13.0 Å². The summed E-state index contributed by atoms with van der Waals surface area (Å²) in [4.78, 5) is 10.9. The molecule has 16 heavy (non-hydrogen) atoms. The van der Waals surface area contributed by atoms with Crippen LogP contribution in [-0.2, 0) is 20.7 Å². The first-order chi connectivity index (χ1) is 7.67. The second kappa shape index (κ2) is 6.40. The van der Waals surface area contributed by atoms with Crippen LogP contribution in [0.15, 0.2) is 24.3 Å². The number of benzene rings is 1. The Labute approximate surface area is 96.4 Å². The molecule has 3 nitrogen and oxygen atoms in total. The minimum absolute atomic E-state index is 0.0450. The monoisotopic (exact) mass is 222 g/mol. The largest absolute Gasteiger partial charge is 0.382 e. The molecule has 0 saturated carbocycles. The van der Waals surface area contributed by atoms with E-state index in [0.717, 1.165) is 11.1 Å². The second-order valence-electron chi connectivity index (χ2n) is 3.80. The van der Waals surface area contributed by atoms with E-state index in [-0.39, 0.29) is 11.9 Å². The maximum absolute atomic E-state index is 10.9. The fourth-order valence-electron chi connectivity index (χ4n) is 1.59. The number of Topliss-reactive ketones (excluding diaryl/α,β-unsaturated/α-hetero) is 1. The molecule has 0 bridgehead atoms. The molecule has 0 aliphatic rings. The highest BCUT2D eigenvalue weighted by Gasteiger charge is 2.09. The molecule has 0 aromatic heterocycles. The molecule has 1 aromatic rings. The highest BCUT2D eigenvalue weighted by molar-refractivity contribution is 5.78. The van der Waals surface area contributed by atoms with Gasteiger partial charge in [-0.15, -0.1) is 0 Å². The summed E-state index contributed by atoms with van der Waals surface area (Å²) in [6.07, 6.45) is 0.443. The summed E-state index contributed by atoms with van der Waals surface area (Å²) < 4.78 is 10.4. The highest BCUT2D eigenvalue weighted by Crippen LogP contribution is 2.17. The fraction of sp³-hybridized carbons (Fsp3) is 0.462. The van der Waals surface area contributed by atoms with Crippen molar-refractivity contribution in [3.05, 3.63) is 35.4 Å². The molecular weight excluding hydrogens is 204 g/mol. The molecule has 1 rings (SSSR count). The van der Waals surface area contributed by atoms with E-state index in [1.165, 1.54) is 0 Å². The van der Waals surface area contributed by atoms with Crippen molar-refractivity contribution in [1.82, 2.24) is 0 Å². The van der Waals surface area contributed by atoms with Crippen molar-refractivity contribution in [3.63, 3.8) is 0 Å². The Morgan fingerprint density at radius 2 is 1.88 bits per heavy atom. The van der Waals surface area contributed by atoms with E-state index in [9.17, 15) is 4.79 Å². The van der Waals surface area contributed by atoms with Crippen LogP contribution < -0.4 is 0 Å². The van der Waals surface area contributed by atoms with Crippen molar-refractivity contribution in [2.75, 3.05) is 20.8 Å². The second-order valence-corrected chi connectivity index (χ2v) is 3.80. The van der Waals surface area contributed by atoms with Gasteiger partial charge < -0.3 is 9.47 Å². The smallest absolute Gasteiger partial charge is 0.134 e. The average molecular weight is 222 g/mol. The van der Waals surface area contributed by atoms with E-state index in [2.05, 4.69) is 0 Å². The Kier molecular flexibility index (Phi) is 5.15. The summed E-state index contributed by atoms with van der Waals surface area (Å²) in [6, 6.07) is 7.87. The van der Waals surface area contributed by atoms with Crippen molar-refractivity contribution in [3.8, 4) is 0 Å². The lowest BCUT2D eigenvalue weighted by molar-refractivity contribution is -0.116. The van der Waals surface area contributed by atoms with Crippen LogP contribution in [0, 0.1) is 0 Å². The topological polar surface area (TPSA) is 35.5 Å². The number of ketones is 1. The average Bonchev–Trinajstić information content (AvgIpc) is 2.26. The maximum Gasteiger partial charge on any atom is 0.134 e. The standard InChI is InChI=1S/C13H18O3/c1-10(14)8-11-4-6-12(7-5-11)13(16-3)9-15-2/h4-7,13H,8-9H2,1-3H3. The summed E-state index contributed by atoms with van der Waals surface area (Å²) in [5.74, 6) is 0.174. The predicted octanol–water partition coefficient (Wildman–Crippen LogP) is 2.15. The molecule has 0 heterocycles. The third-order valence-corrected chi connectivity index (χ3v) is 2.41. The Morgan fingerprint density at radius 1 is 1.25 bits per heavy atom. The number of hydrogen-bond donors (Lipinski definition) is 0. The number of carbonyl (C=O) groups excluding carboxylic acids is 1. The Hall–Kier alpha value is -1.19. The zero-order chi connectivity index (χ0) is 12.0.